The van der Waals surface area contributed by atoms with Crippen LogP contribution in [0.5, 0.6) is 17.4 Å². The van der Waals surface area contributed by atoms with Crippen molar-refractivity contribution in [3.63, 3.8) is 0 Å². The molecular formula is C26H15ClN4O4S. The zero-order valence-electron chi connectivity index (χ0n) is 18.6. The predicted octanol–water partition coefficient (Wildman–Crippen LogP) is 5.91. The Labute approximate surface area is 212 Å². The predicted molar refractivity (Wildman–Crippen MR) is 136 cm³/mol. The van der Waals surface area contributed by atoms with Crippen molar-refractivity contribution < 1.29 is 13.9 Å². The lowest BCUT2D eigenvalue weighted by atomic mass is 9.88. The van der Waals surface area contributed by atoms with Gasteiger partial charge >= 0.3 is 5.63 Å². The van der Waals surface area contributed by atoms with Crippen LogP contribution in [0.4, 0.5) is 0 Å². The molecule has 0 N–H and O–H groups in total. The fourth-order valence-corrected chi connectivity index (χ4v) is 5.65. The molecule has 10 heteroatoms. The van der Waals surface area contributed by atoms with Gasteiger partial charge in [0.2, 0.25) is 5.88 Å². The van der Waals surface area contributed by atoms with Crippen molar-refractivity contribution in [1.82, 2.24) is 19.6 Å². The number of methoxy groups -OCH3 is 1. The van der Waals surface area contributed by atoms with E-state index in [2.05, 4.69) is 10.1 Å². The van der Waals surface area contributed by atoms with Crippen molar-refractivity contribution in [2.75, 3.05) is 7.11 Å². The Morgan fingerprint density at radius 2 is 2.00 bits per heavy atom. The van der Waals surface area contributed by atoms with E-state index in [9.17, 15) is 4.79 Å². The SMILES string of the molecule is COc1ccc(Cl)cc1-c1nc2c3c(ncn2n1)Oc1c(c(=O)oc2ccccc12)C3c1cccs1. The van der Waals surface area contributed by atoms with E-state index in [4.69, 9.17) is 30.5 Å². The summed E-state index contributed by atoms with van der Waals surface area (Å²) in [7, 11) is 1.58. The van der Waals surface area contributed by atoms with Crippen LogP contribution in [0.25, 0.3) is 28.0 Å². The van der Waals surface area contributed by atoms with Gasteiger partial charge < -0.3 is 13.9 Å². The highest BCUT2D eigenvalue weighted by Gasteiger charge is 2.38. The highest BCUT2D eigenvalue weighted by molar-refractivity contribution is 7.10. The van der Waals surface area contributed by atoms with E-state index >= 15 is 0 Å². The third-order valence-electron chi connectivity index (χ3n) is 6.19. The topological polar surface area (TPSA) is 91.8 Å². The fourth-order valence-electron chi connectivity index (χ4n) is 4.64. The second kappa shape index (κ2) is 7.91. The molecule has 4 aromatic heterocycles. The lowest BCUT2D eigenvalue weighted by molar-refractivity contribution is 0.416. The van der Waals surface area contributed by atoms with Crippen LogP contribution in [0.1, 0.15) is 21.9 Å². The van der Waals surface area contributed by atoms with E-state index in [1.807, 2.05) is 35.7 Å². The number of halogens is 1. The molecule has 5 heterocycles. The summed E-state index contributed by atoms with van der Waals surface area (Å²) in [5, 5.41) is 7.83. The Bertz CT molecular complexity index is 1860. The number of benzene rings is 2. The molecule has 1 unspecified atom stereocenters. The van der Waals surface area contributed by atoms with Crippen molar-refractivity contribution in [3.05, 3.63) is 97.8 Å². The summed E-state index contributed by atoms with van der Waals surface area (Å²) < 4.78 is 19.1. The summed E-state index contributed by atoms with van der Waals surface area (Å²) in [6.45, 7) is 0. The molecule has 1 atom stereocenters. The van der Waals surface area contributed by atoms with Crippen LogP contribution in [0, 0.1) is 0 Å². The third kappa shape index (κ3) is 3.06. The van der Waals surface area contributed by atoms with Crippen molar-refractivity contribution >= 4 is 39.6 Å². The van der Waals surface area contributed by atoms with Gasteiger partial charge in [0.1, 0.15) is 17.7 Å². The first-order chi connectivity index (χ1) is 17.6. The molecule has 1 aliphatic heterocycles. The molecule has 0 spiro atoms. The van der Waals surface area contributed by atoms with Crippen LogP contribution in [0.3, 0.4) is 0 Å². The molecule has 36 heavy (non-hydrogen) atoms. The summed E-state index contributed by atoms with van der Waals surface area (Å²) >= 11 is 7.79. The third-order valence-corrected chi connectivity index (χ3v) is 7.36. The van der Waals surface area contributed by atoms with Gasteiger partial charge in [0.15, 0.2) is 17.2 Å². The van der Waals surface area contributed by atoms with Gasteiger partial charge in [-0.2, -0.15) is 0 Å². The van der Waals surface area contributed by atoms with Crippen molar-refractivity contribution in [1.29, 1.82) is 0 Å². The molecule has 0 aliphatic carbocycles. The maximum absolute atomic E-state index is 13.3. The smallest absolute Gasteiger partial charge is 0.344 e. The zero-order chi connectivity index (χ0) is 24.4. The van der Waals surface area contributed by atoms with Crippen molar-refractivity contribution in [3.8, 4) is 28.8 Å². The van der Waals surface area contributed by atoms with Crippen LogP contribution in [0.15, 0.2) is 75.5 Å². The monoisotopic (exact) mass is 514 g/mol. The number of para-hydroxylation sites is 1. The van der Waals surface area contributed by atoms with Gasteiger partial charge in [-0.25, -0.2) is 19.3 Å². The maximum Gasteiger partial charge on any atom is 0.344 e. The van der Waals surface area contributed by atoms with Crippen molar-refractivity contribution in [2.45, 2.75) is 5.92 Å². The van der Waals surface area contributed by atoms with E-state index in [1.165, 1.54) is 11.3 Å². The first-order valence-electron chi connectivity index (χ1n) is 11.0. The van der Waals surface area contributed by atoms with Gasteiger partial charge in [-0.15, -0.1) is 16.4 Å². The highest BCUT2D eigenvalue weighted by atomic mass is 35.5. The number of fused-ring (bicyclic) bond motifs is 6. The average Bonchev–Trinajstić information content (AvgIpc) is 3.58. The number of nitrogens with zero attached hydrogens (tertiary/aromatic N) is 4. The van der Waals surface area contributed by atoms with Gasteiger partial charge in [0.25, 0.3) is 0 Å². The van der Waals surface area contributed by atoms with Crippen LogP contribution < -0.4 is 15.1 Å². The number of thiophene rings is 1. The largest absolute Gasteiger partial charge is 0.496 e. The Morgan fingerprint density at radius 1 is 1.11 bits per heavy atom. The Morgan fingerprint density at radius 3 is 2.83 bits per heavy atom. The lowest BCUT2D eigenvalue weighted by Crippen LogP contribution is -2.21. The van der Waals surface area contributed by atoms with Crippen molar-refractivity contribution in [2.24, 2.45) is 0 Å². The maximum atomic E-state index is 13.3. The standard InChI is InChI=1S/C26H15ClN4O4S/c1-33-16-9-8-13(27)11-15(16)23-29-24-21-19(18-7-4-10-36-18)20-22(35-25(21)28-12-31(24)30-23)14-5-2-3-6-17(14)34-26(20)32/h2-12,19H,1H3. The summed E-state index contributed by atoms with van der Waals surface area (Å²) in [5.74, 6) is 1.30. The Kier molecular flexibility index (Phi) is 4.63. The first-order valence-corrected chi connectivity index (χ1v) is 12.2. The molecule has 1 aliphatic rings. The summed E-state index contributed by atoms with van der Waals surface area (Å²) in [6.07, 6.45) is 1.55. The summed E-state index contributed by atoms with van der Waals surface area (Å²) in [5.41, 5.74) is 2.17. The van der Waals surface area contributed by atoms with Crippen LogP contribution in [-0.2, 0) is 0 Å². The van der Waals surface area contributed by atoms with E-state index in [0.29, 0.717) is 61.5 Å². The Hall–Kier alpha value is -4.21. The molecule has 6 aromatic rings. The quantitative estimate of drug-likeness (QED) is 0.271. The number of hydrogen-bond acceptors (Lipinski definition) is 8. The molecular weight excluding hydrogens is 500 g/mol. The second-order valence-corrected chi connectivity index (χ2v) is 9.61. The molecule has 0 amide bonds. The molecule has 0 fully saturated rings. The summed E-state index contributed by atoms with van der Waals surface area (Å²) in [6, 6.07) is 16.5. The van der Waals surface area contributed by atoms with E-state index in [0.717, 1.165) is 4.88 Å². The Balaban J connectivity index is 1.53. The number of rotatable bonds is 3. The minimum absolute atomic E-state index is 0.362. The normalized spacial score (nSPS) is 14.4. The van der Waals surface area contributed by atoms with Crippen LogP contribution >= 0.6 is 22.9 Å². The lowest BCUT2D eigenvalue weighted by Gasteiger charge is -2.26. The van der Waals surface area contributed by atoms with Gasteiger partial charge in [-0.3, -0.25) is 0 Å². The molecule has 0 bridgehead atoms. The number of aromatic nitrogens is 4. The molecule has 176 valence electrons. The van der Waals surface area contributed by atoms with Crippen LogP contribution in [-0.4, -0.2) is 26.7 Å². The number of ether oxygens (including phenoxy) is 2. The first kappa shape index (κ1) is 21.1. The molecule has 0 saturated carbocycles. The van der Waals surface area contributed by atoms with Gasteiger partial charge in [0, 0.05) is 9.90 Å². The summed E-state index contributed by atoms with van der Waals surface area (Å²) in [4.78, 5) is 23.7. The fraction of sp³-hybridized carbons (Fsp3) is 0.0769. The minimum atomic E-state index is -0.501. The minimum Gasteiger partial charge on any atom is -0.496 e. The van der Waals surface area contributed by atoms with Gasteiger partial charge in [-0.05, 0) is 41.8 Å². The zero-order valence-corrected chi connectivity index (χ0v) is 20.2. The van der Waals surface area contributed by atoms with E-state index < -0.39 is 11.5 Å². The van der Waals surface area contributed by atoms with Gasteiger partial charge in [0.05, 0.1) is 35.1 Å². The van der Waals surface area contributed by atoms with E-state index in [1.54, 1.807) is 42.2 Å². The molecule has 7 rings (SSSR count). The highest BCUT2D eigenvalue weighted by Crippen LogP contribution is 2.49. The second-order valence-electron chi connectivity index (χ2n) is 8.19. The molecule has 0 saturated heterocycles. The van der Waals surface area contributed by atoms with E-state index in [-0.39, 0.29) is 0 Å². The van der Waals surface area contributed by atoms with Gasteiger partial charge in [-0.1, -0.05) is 29.8 Å². The number of hydrogen-bond donors (Lipinski definition) is 0. The van der Waals surface area contributed by atoms with Crippen LogP contribution in [0.2, 0.25) is 5.02 Å². The average molecular weight is 515 g/mol. The molecule has 2 aromatic carbocycles. The molecule has 8 nitrogen and oxygen atoms in total. The molecule has 0 radical (unpaired) electrons.